The third-order valence-corrected chi connectivity index (χ3v) is 3.53. The molecule has 0 saturated heterocycles. The number of ether oxygens (including phenoxy) is 1. The number of nitrogens with zero attached hydrogens (tertiary/aromatic N) is 1. The van der Waals surface area contributed by atoms with E-state index in [0.29, 0.717) is 12.7 Å². The van der Waals surface area contributed by atoms with Crippen molar-refractivity contribution in [2.24, 2.45) is 0 Å². The van der Waals surface area contributed by atoms with Crippen LogP contribution in [0.25, 0.3) is 0 Å². The molecule has 1 rings (SSSR count). The molecule has 1 unspecified atom stereocenters. The molecule has 102 valence electrons. The van der Waals surface area contributed by atoms with Crippen molar-refractivity contribution in [2.45, 2.75) is 19.0 Å². The van der Waals surface area contributed by atoms with Gasteiger partial charge < -0.3 is 14.4 Å². The van der Waals surface area contributed by atoms with Gasteiger partial charge in [0.2, 0.25) is 6.41 Å². The van der Waals surface area contributed by atoms with Crippen molar-refractivity contribution in [2.75, 3.05) is 7.11 Å². The van der Waals surface area contributed by atoms with E-state index in [1.54, 1.807) is 6.92 Å². The number of carbonyl (C=O) groups excluding carboxylic acids is 3. The van der Waals surface area contributed by atoms with Gasteiger partial charge in [0.25, 0.3) is 0 Å². The van der Waals surface area contributed by atoms with E-state index in [4.69, 9.17) is 0 Å². The minimum absolute atomic E-state index is 0.399. The number of amides is 1. The highest BCUT2D eigenvalue weighted by Crippen LogP contribution is 2.21. The van der Waals surface area contributed by atoms with E-state index >= 15 is 0 Å². The molecule has 0 aliphatic rings. The quantitative estimate of drug-likeness (QED) is 0.328. The summed E-state index contributed by atoms with van der Waals surface area (Å²) in [5.41, 5.74) is 0.836. The Kier molecular flexibility index (Phi) is 5.94. The van der Waals surface area contributed by atoms with E-state index in [2.05, 4.69) is 27.3 Å². The van der Waals surface area contributed by atoms with Crippen molar-refractivity contribution in [1.29, 1.82) is 0 Å². The molecule has 0 N–H and O–H groups in total. The fourth-order valence-electron chi connectivity index (χ4n) is 1.68. The Balaban J connectivity index is 3.01. The van der Waals surface area contributed by atoms with Crippen LogP contribution in [0, 0.1) is 3.57 Å². The van der Waals surface area contributed by atoms with Crippen LogP contribution in [-0.4, -0.2) is 36.7 Å². The van der Waals surface area contributed by atoms with Gasteiger partial charge in [0.05, 0.1) is 13.2 Å². The molecular weight excluding hydrogens is 361 g/mol. The number of rotatable bonds is 6. The van der Waals surface area contributed by atoms with Crippen LogP contribution >= 0.6 is 22.6 Å². The fraction of sp³-hybridized carbons (Fsp3) is 0.308. The molecule has 0 radical (unpaired) electrons. The minimum atomic E-state index is -1.23. The average Bonchev–Trinajstić information content (AvgIpc) is 2.44. The molecule has 1 aromatic rings. The molecule has 0 spiro atoms. The van der Waals surface area contributed by atoms with Gasteiger partial charge in [-0.1, -0.05) is 12.1 Å². The number of halogens is 1. The van der Waals surface area contributed by atoms with Gasteiger partial charge in [0.1, 0.15) is 0 Å². The van der Waals surface area contributed by atoms with E-state index in [9.17, 15) is 14.4 Å². The van der Waals surface area contributed by atoms with E-state index in [1.165, 1.54) is 7.11 Å². The van der Waals surface area contributed by atoms with E-state index < -0.39 is 18.1 Å². The Hall–Kier alpha value is -1.44. The zero-order chi connectivity index (χ0) is 14.4. The van der Waals surface area contributed by atoms with Gasteiger partial charge in [-0.3, -0.25) is 4.79 Å². The lowest BCUT2D eigenvalue weighted by molar-refractivity contribution is -0.152. The lowest BCUT2D eigenvalue weighted by atomic mass is 10.1. The van der Waals surface area contributed by atoms with Crippen LogP contribution in [0.5, 0.6) is 0 Å². The van der Waals surface area contributed by atoms with E-state index in [-0.39, 0.29) is 0 Å². The summed E-state index contributed by atoms with van der Waals surface area (Å²) in [5, 5.41) is 0. The summed E-state index contributed by atoms with van der Waals surface area (Å²) in [6.07, 6.45) is 0.891. The Labute approximate surface area is 125 Å². The van der Waals surface area contributed by atoms with Gasteiger partial charge in [-0.2, -0.15) is 0 Å². The van der Waals surface area contributed by atoms with Crippen LogP contribution in [0.2, 0.25) is 0 Å². The highest BCUT2D eigenvalue weighted by Gasteiger charge is 2.29. The first-order valence-corrected chi connectivity index (χ1v) is 6.64. The van der Waals surface area contributed by atoms with Crippen molar-refractivity contribution in [3.63, 3.8) is 0 Å². The van der Waals surface area contributed by atoms with Crippen LogP contribution in [0.3, 0.4) is 0 Å². The van der Waals surface area contributed by atoms with Crippen LogP contribution in [0.15, 0.2) is 24.3 Å². The Morgan fingerprint density at radius 1 is 1.32 bits per heavy atom. The summed E-state index contributed by atoms with van der Waals surface area (Å²) in [4.78, 5) is 34.8. The predicted molar refractivity (Wildman–Crippen MR) is 77.3 cm³/mol. The zero-order valence-corrected chi connectivity index (χ0v) is 12.7. The maximum atomic E-state index is 11.5. The first-order chi connectivity index (χ1) is 9.04. The number of methoxy groups -OCH3 is 1. The van der Waals surface area contributed by atoms with E-state index in [0.717, 1.165) is 14.0 Å². The maximum absolute atomic E-state index is 11.5. The smallest absolute Gasteiger partial charge is 0.336 e. The maximum Gasteiger partial charge on any atom is 0.336 e. The van der Waals surface area contributed by atoms with Gasteiger partial charge in [-0.05, 0) is 47.2 Å². The first-order valence-electron chi connectivity index (χ1n) is 5.56. The summed E-state index contributed by atoms with van der Waals surface area (Å²) < 4.78 is 5.58. The number of hydrogen-bond acceptors (Lipinski definition) is 4. The summed E-state index contributed by atoms with van der Waals surface area (Å²) in [7, 11) is 1.18. The molecule has 1 amide bonds. The minimum Gasteiger partial charge on any atom is -0.467 e. The summed E-state index contributed by atoms with van der Waals surface area (Å²) >= 11 is 2.17. The first kappa shape index (κ1) is 15.6. The molecule has 1 aromatic carbocycles. The zero-order valence-electron chi connectivity index (χ0n) is 10.6. The molecule has 5 nitrogen and oxygen atoms in total. The van der Waals surface area contributed by atoms with Crippen LogP contribution < -0.4 is 0 Å². The molecule has 0 saturated carbocycles. The van der Waals surface area contributed by atoms with Crippen molar-refractivity contribution >= 4 is 41.3 Å². The van der Waals surface area contributed by atoms with Crippen LogP contribution in [0.4, 0.5) is 0 Å². The number of benzene rings is 1. The van der Waals surface area contributed by atoms with Crippen LogP contribution in [0.1, 0.15) is 18.5 Å². The lowest BCUT2D eigenvalue weighted by Gasteiger charge is -2.28. The van der Waals surface area contributed by atoms with E-state index in [1.807, 2.05) is 24.3 Å². The van der Waals surface area contributed by atoms with Gasteiger partial charge in [-0.15, -0.1) is 0 Å². The third kappa shape index (κ3) is 3.76. The summed E-state index contributed by atoms with van der Waals surface area (Å²) in [6, 6.07) is 5.86. The van der Waals surface area contributed by atoms with Crippen molar-refractivity contribution in [3.05, 3.63) is 33.4 Å². The van der Waals surface area contributed by atoms with Crippen molar-refractivity contribution in [3.8, 4) is 0 Å². The number of hydrogen-bond donors (Lipinski definition) is 0. The standard InChI is InChI=1S/C13H14INO4/c1-9(10-3-5-11(14)6-4-10)15(8-17)12(7-16)13(18)19-2/h3-9,12H,1-2H3/t9-,12?/m1/s1. The molecule has 0 aliphatic carbocycles. The molecule has 0 heterocycles. The summed E-state index contributed by atoms with van der Waals surface area (Å²) in [6.45, 7) is 1.75. The Morgan fingerprint density at radius 3 is 2.32 bits per heavy atom. The molecule has 0 aromatic heterocycles. The average molecular weight is 375 g/mol. The highest BCUT2D eigenvalue weighted by molar-refractivity contribution is 14.1. The topological polar surface area (TPSA) is 63.7 Å². The second-order valence-corrected chi connectivity index (χ2v) is 5.13. The predicted octanol–water partition coefficient (Wildman–Crippen LogP) is 1.55. The second kappa shape index (κ2) is 7.22. The molecule has 0 bridgehead atoms. The Morgan fingerprint density at radius 2 is 1.89 bits per heavy atom. The third-order valence-electron chi connectivity index (χ3n) is 2.81. The lowest BCUT2D eigenvalue weighted by Crippen LogP contribution is -2.43. The molecule has 6 heteroatoms. The monoisotopic (exact) mass is 375 g/mol. The second-order valence-electron chi connectivity index (χ2n) is 3.88. The van der Waals surface area contributed by atoms with Gasteiger partial charge in [-0.25, -0.2) is 4.79 Å². The largest absolute Gasteiger partial charge is 0.467 e. The number of aldehydes is 1. The molecular formula is C13H14INO4. The van der Waals surface area contributed by atoms with Gasteiger partial charge in [0.15, 0.2) is 12.3 Å². The molecule has 0 aliphatic heterocycles. The van der Waals surface area contributed by atoms with Crippen molar-refractivity contribution in [1.82, 2.24) is 4.90 Å². The molecule has 2 atom stereocenters. The normalized spacial score (nSPS) is 13.2. The molecule has 19 heavy (non-hydrogen) atoms. The van der Waals surface area contributed by atoms with Crippen molar-refractivity contribution < 1.29 is 19.1 Å². The summed E-state index contributed by atoms with van der Waals surface area (Å²) in [5.74, 6) is -0.750. The molecule has 0 fully saturated rings. The van der Waals surface area contributed by atoms with Gasteiger partial charge in [0, 0.05) is 3.57 Å². The van der Waals surface area contributed by atoms with Gasteiger partial charge >= 0.3 is 5.97 Å². The highest BCUT2D eigenvalue weighted by atomic mass is 127. The fourth-order valence-corrected chi connectivity index (χ4v) is 2.04. The Bertz CT molecular complexity index is 460. The van der Waals surface area contributed by atoms with Crippen LogP contribution in [-0.2, 0) is 19.1 Å². The number of esters is 1. The SMILES string of the molecule is COC(=O)C(C=O)N(C=O)[C@H](C)c1ccc(I)cc1. The number of carbonyl (C=O) groups is 3.